The zero-order valence-corrected chi connectivity index (χ0v) is 17.4. The molecule has 0 aliphatic carbocycles. The van der Waals surface area contributed by atoms with Gasteiger partial charge in [0.15, 0.2) is 5.82 Å². The molecule has 30 heavy (non-hydrogen) atoms. The van der Waals surface area contributed by atoms with Gasteiger partial charge in [-0.15, -0.1) is 0 Å². The summed E-state index contributed by atoms with van der Waals surface area (Å²) in [5, 5.41) is 21.2. The lowest BCUT2D eigenvalue weighted by Gasteiger charge is -2.05. The zero-order chi connectivity index (χ0) is 22.8. The van der Waals surface area contributed by atoms with Gasteiger partial charge in [-0.05, 0) is 31.3 Å². The van der Waals surface area contributed by atoms with Crippen molar-refractivity contribution in [2.24, 2.45) is 4.99 Å². The number of anilines is 1. The van der Waals surface area contributed by atoms with E-state index in [2.05, 4.69) is 15.0 Å². The van der Waals surface area contributed by atoms with Crippen molar-refractivity contribution in [2.75, 3.05) is 33.9 Å². The summed E-state index contributed by atoms with van der Waals surface area (Å²) in [7, 11) is 7.35. The number of pyridine rings is 2. The molecule has 0 saturated carbocycles. The summed E-state index contributed by atoms with van der Waals surface area (Å²) in [4.78, 5) is 35.4. The Balaban J connectivity index is 0.000000346. The van der Waals surface area contributed by atoms with Gasteiger partial charge < -0.3 is 15.5 Å². The topological polar surface area (TPSA) is 157 Å². The summed E-state index contributed by atoms with van der Waals surface area (Å²) in [5.74, 6) is 0.728. The molecule has 0 atom stereocenters. The summed E-state index contributed by atoms with van der Waals surface area (Å²) in [6, 6.07) is 3.05. The van der Waals surface area contributed by atoms with E-state index in [9.17, 15) is 20.2 Å². The lowest BCUT2D eigenvalue weighted by Crippen LogP contribution is -2.07. The first-order valence-corrected chi connectivity index (χ1v) is 8.57. The molecule has 160 valence electrons. The Hall–Kier alpha value is -4.09. The average Bonchev–Trinajstić information content (AvgIpc) is 2.64. The Bertz CT molecular complexity index is 957. The molecule has 0 fully saturated rings. The lowest BCUT2D eigenvalue weighted by molar-refractivity contribution is -0.385. The Labute approximate surface area is 173 Å². The van der Waals surface area contributed by atoms with E-state index >= 15 is 0 Å². The molecule has 2 aromatic heterocycles. The minimum atomic E-state index is -0.484. The van der Waals surface area contributed by atoms with E-state index in [1.807, 2.05) is 28.2 Å². The molecule has 2 aromatic rings. The van der Waals surface area contributed by atoms with Crippen LogP contribution < -0.4 is 5.73 Å². The zero-order valence-electron chi connectivity index (χ0n) is 17.4. The van der Waals surface area contributed by atoms with E-state index in [-0.39, 0.29) is 11.4 Å². The quantitative estimate of drug-likeness (QED) is 0.323. The maximum Gasteiger partial charge on any atom is 0.294 e. The maximum atomic E-state index is 10.9. The Morgan fingerprint density at radius 1 is 1.00 bits per heavy atom. The number of hydrogen-bond acceptors (Lipinski definition) is 9. The van der Waals surface area contributed by atoms with Crippen LogP contribution in [0.1, 0.15) is 11.1 Å². The number of hydrogen-bond donors (Lipinski definition) is 1. The second-order valence-corrected chi connectivity index (χ2v) is 6.50. The van der Waals surface area contributed by atoms with Gasteiger partial charge in [0.05, 0.1) is 21.7 Å². The van der Waals surface area contributed by atoms with E-state index in [1.54, 1.807) is 41.4 Å². The van der Waals surface area contributed by atoms with Gasteiger partial charge in [0, 0.05) is 33.8 Å². The molecule has 12 nitrogen and oxygen atoms in total. The molecule has 0 aromatic carbocycles. The third-order valence-corrected chi connectivity index (χ3v) is 3.37. The number of aromatic nitrogens is 2. The first kappa shape index (κ1) is 23.9. The van der Waals surface area contributed by atoms with Crippen molar-refractivity contribution in [1.82, 2.24) is 19.8 Å². The van der Waals surface area contributed by atoms with Crippen LogP contribution in [0.4, 0.5) is 23.0 Å². The summed E-state index contributed by atoms with van der Waals surface area (Å²) < 4.78 is 0. The van der Waals surface area contributed by atoms with Crippen molar-refractivity contribution < 1.29 is 9.85 Å². The van der Waals surface area contributed by atoms with Crippen LogP contribution in [0.3, 0.4) is 0 Å². The fourth-order valence-electron chi connectivity index (χ4n) is 1.97. The maximum absolute atomic E-state index is 10.9. The number of nitro groups is 2. The third kappa shape index (κ3) is 7.88. The SMILES string of the molecule is CN(C)C=Nc1cc(/C=C/N(C)C)c([N+](=O)[O-])cn1.Cc1cc(N)ncc1[N+](=O)[O-]. The van der Waals surface area contributed by atoms with E-state index < -0.39 is 9.85 Å². The van der Waals surface area contributed by atoms with Gasteiger partial charge in [-0.3, -0.25) is 20.2 Å². The lowest BCUT2D eigenvalue weighted by atomic mass is 10.2. The molecule has 0 aliphatic rings. The highest BCUT2D eigenvalue weighted by molar-refractivity contribution is 5.65. The van der Waals surface area contributed by atoms with Crippen LogP contribution in [-0.2, 0) is 0 Å². The Morgan fingerprint density at radius 2 is 1.60 bits per heavy atom. The smallest absolute Gasteiger partial charge is 0.294 e. The average molecular weight is 416 g/mol. The molecule has 0 radical (unpaired) electrons. The largest absolute Gasteiger partial charge is 0.384 e. The monoisotopic (exact) mass is 416 g/mol. The van der Waals surface area contributed by atoms with Crippen LogP contribution in [0.25, 0.3) is 6.08 Å². The van der Waals surface area contributed by atoms with Crippen LogP contribution in [0.15, 0.2) is 35.7 Å². The summed E-state index contributed by atoms with van der Waals surface area (Å²) in [6.45, 7) is 1.62. The van der Waals surface area contributed by atoms with E-state index in [0.29, 0.717) is 22.8 Å². The minimum Gasteiger partial charge on any atom is -0.384 e. The number of rotatable bonds is 6. The highest BCUT2D eigenvalue weighted by Gasteiger charge is 2.13. The fraction of sp³-hybridized carbons (Fsp3) is 0.278. The van der Waals surface area contributed by atoms with Gasteiger partial charge in [-0.1, -0.05) is 0 Å². The molecule has 0 amide bonds. The van der Waals surface area contributed by atoms with Crippen molar-refractivity contribution in [3.8, 4) is 0 Å². The minimum absolute atomic E-state index is 0.000741. The van der Waals surface area contributed by atoms with Gasteiger partial charge in [0.2, 0.25) is 0 Å². The van der Waals surface area contributed by atoms with Gasteiger partial charge >= 0.3 is 0 Å². The highest BCUT2D eigenvalue weighted by atomic mass is 16.6. The van der Waals surface area contributed by atoms with Crippen LogP contribution in [0, 0.1) is 27.2 Å². The predicted octanol–water partition coefficient (Wildman–Crippen LogP) is 2.62. The molecule has 2 heterocycles. The number of aliphatic imine (C=N–C) groups is 1. The van der Waals surface area contributed by atoms with Crippen LogP contribution in [0.2, 0.25) is 0 Å². The van der Waals surface area contributed by atoms with Crippen LogP contribution >= 0.6 is 0 Å². The Kier molecular flexibility index (Phi) is 8.82. The molecule has 0 spiro atoms. The molecule has 0 unspecified atom stereocenters. The highest BCUT2D eigenvalue weighted by Crippen LogP contribution is 2.23. The van der Waals surface area contributed by atoms with Gasteiger partial charge in [-0.25, -0.2) is 15.0 Å². The molecule has 2 rings (SSSR count). The summed E-state index contributed by atoms with van der Waals surface area (Å²) >= 11 is 0. The molecule has 0 aliphatic heterocycles. The van der Waals surface area contributed by atoms with Crippen molar-refractivity contribution in [2.45, 2.75) is 6.92 Å². The third-order valence-electron chi connectivity index (χ3n) is 3.37. The second kappa shape index (κ2) is 11.0. The standard InChI is InChI=1S/C12H17N5O2.C6H7N3O2/c1-15(2)6-5-10-7-12(14-9-16(3)4)13-8-11(10)17(18)19;1-4-2-6(7)8-3-5(4)9(10)11/h5-9H,1-4H3;2-3H,1H3,(H2,7,8)/b6-5+,14-9?;. The van der Waals surface area contributed by atoms with Crippen molar-refractivity contribution >= 4 is 35.4 Å². The molecule has 0 bridgehead atoms. The molecule has 0 saturated heterocycles. The molecular weight excluding hydrogens is 392 g/mol. The van der Waals surface area contributed by atoms with Gasteiger partial charge in [0.1, 0.15) is 18.2 Å². The van der Waals surface area contributed by atoms with Crippen molar-refractivity contribution in [3.05, 3.63) is 62.1 Å². The Morgan fingerprint density at radius 3 is 2.10 bits per heavy atom. The van der Waals surface area contributed by atoms with E-state index in [4.69, 9.17) is 5.73 Å². The molecule has 12 heteroatoms. The van der Waals surface area contributed by atoms with Crippen LogP contribution in [0.5, 0.6) is 0 Å². The first-order valence-electron chi connectivity index (χ1n) is 8.57. The molecular formula is C18H24N8O4. The molecule has 2 N–H and O–H groups in total. The van der Waals surface area contributed by atoms with Gasteiger partial charge in [-0.2, -0.15) is 0 Å². The summed E-state index contributed by atoms with van der Waals surface area (Å²) in [6.07, 6.45) is 7.37. The number of nitrogen functional groups attached to an aromatic ring is 1. The van der Waals surface area contributed by atoms with E-state index in [0.717, 1.165) is 6.20 Å². The van der Waals surface area contributed by atoms with Gasteiger partial charge in [0.25, 0.3) is 11.4 Å². The fourth-order valence-corrected chi connectivity index (χ4v) is 1.97. The number of aryl methyl sites for hydroxylation is 1. The van der Waals surface area contributed by atoms with Crippen molar-refractivity contribution in [1.29, 1.82) is 0 Å². The normalized spacial score (nSPS) is 10.6. The van der Waals surface area contributed by atoms with Crippen LogP contribution in [-0.4, -0.2) is 64.1 Å². The first-order chi connectivity index (χ1) is 14.0. The number of nitrogens with two attached hydrogens (primary N) is 1. The predicted molar refractivity (Wildman–Crippen MR) is 115 cm³/mol. The number of nitrogens with zero attached hydrogens (tertiary/aromatic N) is 7. The van der Waals surface area contributed by atoms with Crippen molar-refractivity contribution in [3.63, 3.8) is 0 Å². The second-order valence-electron chi connectivity index (χ2n) is 6.50. The van der Waals surface area contributed by atoms with E-state index in [1.165, 1.54) is 12.3 Å². The summed E-state index contributed by atoms with van der Waals surface area (Å²) in [5.41, 5.74) is 6.26.